The zero-order chi connectivity index (χ0) is 17.6. The molecule has 0 aliphatic heterocycles. The molecule has 0 unspecified atom stereocenters. The van der Waals surface area contributed by atoms with Crippen molar-refractivity contribution in [3.05, 3.63) is 64.7 Å². The van der Waals surface area contributed by atoms with Gasteiger partial charge in [-0.2, -0.15) is 0 Å². The van der Waals surface area contributed by atoms with Gasteiger partial charge in [0.05, 0.1) is 13.5 Å². The number of methoxy groups -OCH3 is 1. The Labute approximate surface area is 154 Å². The monoisotopic (exact) mass is 357 g/mol. The van der Waals surface area contributed by atoms with E-state index >= 15 is 0 Å². The lowest BCUT2D eigenvalue weighted by molar-refractivity contribution is -0.121. The van der Waals surface area contributed by atoms with Gasteiger partial charge < -0.3 is 10.1 Å². The molecule has 0 heterocycles. The van der Waals surface area contributed by atoms with Gasteiger partial charge in [0.15, 0.2) is 0 Å². The summed E-state index contributed by atoms with van der Waals surface area (Å²) in [6.45, 7) is 0. The second-order valence-electron chi connectivity index (χ2n) is 6.69. The van der Waals surface area contributed by atoms with E-state index in [1.165, 1.54) is 5.56 Å². The predicted molar refractivity (Wildman–Crippen MR) is 101 cm³/mol. The van der Waals surface area contributed by atoms with E-state index in [-0.39, 0.29) is 11.9 Å². The van der Waals surface area contributed by atoms with Crippen molar-refractivity contribution >= 4 is 17.5 Å². The highest BCUT2D eigenvalue weighted by Crippen LogP contribution is 2.33. The fraction of sp³-hybridized carbons (Fsp3) is 0.381. The third-order valence-electron chi connectivity index (χ3n) is 4.96. The topological polar surface area (TPSA) is 38.3 Å². The lowest BCUT2D eigenvalue weighted by Gasteiger charge is -2.29. The molecule has 0 saturated heterocycles. The highest BCUT2D eigenvalue weighted by molar-refractivity contribution is 6.30. The molecule has 25 heavy (non-hydrogen) atoms. The Bertz CT molecular complexity index is 689. The summed E-state index contributed by atoms with van der Waals surface area (Å²) in [4.78, 5) is 12.2. The van der Waals surface area contributed by atoms with Crippen molar-refractivity contribution in [1.82, 2.24) is 5.32 Å². The molecule has 1 fully saturated rings. The van der Waals surface area contributed by atoms with Crippen molar-refractivity contribution in [3.8, 4) is 5.75 Å². The summed E-state index contributed by atoms with van der Waals surface area (Å²) in [5.74, 6) is 1.57. The number of benzene rings is 2. The summed E-state index contributed by atoms with van der Waals surface area (Å²) < 4.78 is 5.22. The van der Waals surface area contributed by atoms with Gasteiger partial charge in [-0.15, -0.1) is 0 Å². The molecule has 4 heteroatoms. The summed E-state index contributed by atoms with van der Waals surface area (Å²) in [6, 6.07) is 16.1. The van der Waals surface area contributed by atoms with Gasteiger partial charge in [0, 0.05) is 11.1 Å². The van der Waals surface area contributed by atoms with Crippen LogP contribution in [0.25, 0.3) is 0 Å². The van der Waals surface area contributed by atoms with Crippen molar-refractivity contribution in [1.29, 1.82) is 0 Å². The van der Waals surface area contributed by atoms with Gasteiger partial charge in [0.2, 0.25) is 5.91 Å². The minimum Gasteiger partial charge on any atom is -0.497 e. The molecule has 1 N–H and O–H groups in total. The highest BCUT2D eigenvalue weighted by Gasteiger charge is 2.23. The second kappa shape index (κ2) is 8.39. The van der Waals surface area contributed by atoms with Crippen LogP contribution in [0, 0.1) is 0 Å². The van der Waals surface area contributed by atoms with Crippen molar-refractivity contribution in [2.45, 2.75) is 44.1 Å². The Hall–Kier alpha value is -2.00. The summed E-state index contributed by atoms with van der Waals surface area (Å²) in [5.41, 5.74) is 2.36. The average Bonchev–Trinajstić information content (AvgIpc) is 2.64. The molecule has 0 atom stereocenters. The van der Waals surface area contributed by atoms with Crippen LogP contribution in [0.15, 0.2) is 48.5 Å². The van der Waals surface area contributed by atoms with Gasteiger partial charge in [-0.1, -0.05) is 35.9 Å². The first kappa shape index (κ1) is 17.8. The quantitative estimate of drug-likeness (QED) is 0.839. The van der Waals surface area contributed by atoms with E-state index in [1.54, 1.807) is 7.11 Å². The Morgan fingerprint density at radius 3 is 2.28 bits per heavy atom. The largest absolute Gasteiger partial charge is 0.497 e. The van der Waals surface area contributed by atoms with Crippen LogP contribution in [0.3, 0.4) is 0 Å². The van der Waals surface area contributed by atoms with Crippen LogP contribution in [-0.4, -0.2) is 19.1 Å². The van der Waals surface area contributed by atoms with E-state index in [4.69, 9.17) is 16.3 Å². The Morgan fingerprint density at radius 1 is 1.04 bits per heavy atom. The third kappa shape index (κ3) is 4.99. The van der Waals surface area contributed by atoms with Crippen LogP contribution in [0.1, 0.15) is 42.7 Å². The molecule has 1 amide bonds. The maximum absolute atomic E-state index is 12.2. The van der Waals surface area contributed by atoms with Gasteiger partial charge in [0.25, 0.3) is 0 Å². The number of carbonyl (C=O) groups is 1. The second-order valence-corrected chi connectivity index (χ2v) is 7.13. The standard InChI is InChI=1S/C21H24ClNO2/c1-25-20-12-6-17(7-13-20)16-4-10-19(11-5-16)23-21(24)14-15-2-8-18(22)9-3-15/h2-3,6-9,12-13,16,19H,4-5,10-11,14H2,1H3,(H,23,24)/t16-,19-. The fourth-order valence-electron chi connectivity index (χ4n) is 3.51. The minimum absolute atomic E-state index is 0.0928. The molecule has 1 saturated carbocycles. The Balaban J connectivity index is 1.46. The zero-order valence-corrected chi connectivity index (χ0v) is 15.3. The van der Waals surface area contributed by atoms with Gasteiger partial charge in [-0.3, -0.25) is 4.79 Å². The summed E-state index contributed by atoms with van der Waals surface area (Å²) in [6.07, 6.45) is 4.69. The summed E-state index contributed by atoms with van der Waals surface area (Å²) in [7, 11) is 1.69. The number of ether oxygens (including phenoxy) is 1. The first-order valence-corrected chi connectivity index (χ1v) is 9.19. The van der Waals surface area contributed by atoms with E-state index in [9.17, 15) is 4.79 Å². The van der Waals surface area contributed by atoms with Gasteiger partial charge in [-0.05, 0) is 67.0 Å². The van der Waals surface area contributed by atoms with E-state index < -0.39 is 0 Å². The molecule has 132 valence electrons. The van der Waals surface area contributed by atoms with Crippen LogP contribution in [0.2, 0.25) is 5.02 Å². The van der Waals surface area contributed by atoms with Crippen LogP contribution in [0.5, 0.6) is 5.75 Å². The van der Waals surface area contributed by atoms with Gasteiger partial charge >= 0.3 is 0 Å². The molecule has 0 spiro atoms. The smallest absolute Gasteiger partial charge is 0.224 e. The molecule has 2 aromatic carbocycles. The van der Waals surface area contributed by atoms with E-state index in [2.05, 4.69) is 17.4 Å². The molecule has 3 rings (SSSR count). The lowest BCUT2D eigenvalue weighted by Crippen LogP contribution is -2.38. The lowest BCUT2D eigenvalue weighted by atomic mass is 9.81. The first-order valence-electron chi connectivity index (χ1n) is 8.82. The number of hydrogen-bond donors (Lipinski definition) is 1. The minimum atomic E-state index is 0.0928. The summed E-state index contributed by atoms with van der Waals surface area (Å²) in [5, 5.41) is 3.88. The molecule has 2 aromatic rings. The number of hydrogen-bond acceptors (Lipinski definition) is 2. The van der Waals surface area contributed by atoms with Crippen LogP contribution >= 0.6 is 11.6 Å². The number of rotatable bonds is 5. The highest BCUT2D eigenvalue weighted by atomic mass is 35.5. The molecule has 1 aliphatic carbocycles. The number of amides is 1. The fourth-order valence-corrected chi connectivity index (χ4v) is 3.64. The van der Waals surface area contributed by atoms with Crippen molar-refractivity contribution in [2.24, 2.45) is 0 Å². The van der Waals surface area contributed by atoms with Crippen molar-refractivity contribution in [3.63, 3.8) is 0 Å². The number of carbonyl (C=O) groups excluding carboxylic acids is 1. The Morgan fingerprint density at radius 2 is 1.68 bits per heavy atom. The summed E-state index contributed by atoms with van der Waals surface area (Å²) >= 11 is 5.88. The van der Waals surface area contributed by atoms with Crippen LogP contribution in [-0.2, 0) is 11.2 Å². The normalized spacial score (nSPS) is 20.1. The van der Waals surface area contributed by atoms with Crippen molar-refractivity contribution in [2.75, 3.05) is 7.11 Å². The zero-order valence-electron chi connectivity index (χ0n) is 14.5. The van der Waals surface area contributed by atoms with Crippen molar-refractivity contribution < 1.29 is 9.53 Å². The molecular weight excluding hydrogens is 334 g/mol. The Kier molecular flexibility index (Phi) is 5.98. The maximum atomic E-state index is 12.2. The molecule has 0 bridgehead atoms. The maximum Gasteiger partial charge on any atom is 0.224 e. The average molecular weight is 358 g/mol. The van der Waals surface area contributed by atoms with E-state index in [1.807, 2.05) is 36.4 Å². The van der Waals surface area contributed by atoms with Gasteiger partial charge in [-0.25, -0.2) is 0 Å². The molecular formula is C21H24ClNO2. The van der Waals surface area contributed by atoms with E-state index in [0.717, 1.165) is 37.0 Å². The van der Waals surface area contributed by atoms with Crippen LogP contribution in [0.4, 0.5) is 0 Å². The molecule has 3 nitrogen and oxygen atoms in total. The van der Waals surface area contributed by atoms with E-state index in [0.29, 0.717) is 17.4 Å². The van der Waals surface area contributed by atoms with Crippen LogP contribution < -0.4 is 10.1 Å². The van der Waals surface area contributed by atoms with Gasteiger partial charge in [0.1, 0.15) is 5.75 Å². The number of halogens is 1. The molecule has 0 aromatic heterocycles. The third-order valence-corrected chi connectivity index (χ3v) is 5.21. The number of nitrogens with one attached hydrogen (secondary N) is 1. The predicted octanol–water partition coefficient (Wildman–Crippen LogP) is 4.73. The molecule has 1 aliphatic rings. The SMILES string of the molecule is COc1ccc([C@H]2CC[C@H](NC(=O)Cc3ccc(Cl)cc3)CC2)cc1. The molecule has 0 radical (unpaired) electrons. The first-order chi connectivity index (χ1) is 12.1.